The van der Waals surface area contributed by atoms with Gasteiger partial charge in [0.2, 0.25) is 11.8 Å². The average Bonchev–Trinajstić information content (AvgIpc) is 2.72. The Morgan fingerprint density at radius 2 is 1.76 bits per heavy atom. The number of aryl methyl sites for hydroxylation is 1. The number of carbonyl (C=O) groups is 3. The number of benzene rings is 1. The summed E-state index contributed by atoms with van der Waals surface area (Å²) in [6.07, 6.45) is 2.77. The molecule has 2 unspecified atom stereocenters. The van der Waals surface area contributed by atoms with E-state index < -0.39 is 23.8 Å². The molecule has 0 aromatic heterocycles. The Bertz CT molecular complexity index is 801. The molecule has 0 aliphatic rings. The third kappa shape index (κ3) is 10.1. The highest BCUT2D eigenvalue weighted by atomic mass is 16.6. The van der Waals surface area contributed by atoms with Crippen molar-refractivity contribution in [2.45, 2.75) is 98.8 Å². The minimum Gasteiger partial charge on any atom is -0.444 e. The van der Waals surface area contributed by atoms with Gasteiger partial charge in [0.25, 0.3) is 0 Å². The summed E-state index contributed by atoms with van der Waals surface area (Å²) in [7, 11) is 0. The second-order valence-electron chi connectivity index (χ2n) is 10.3. The van der Waals surface area contributed by atoms with Crippen LogP contribution in [0.5, 0.6) is 0 Å². The molecule has 1 rings (SSSR count). The highest BCUT2D eigenvalue weighted by Crippen LogP contribution is 2.24. The molecule has 0 aliphatic carbocycles. The molecule has 0 fully saturated rings. The average molecular weight is 476 g/mol. The van der Waals surface area contributed by atoms with Gasteiger partial charge >= 0.3 is 6.09 Å². The van der Waals surface area contributed by atoms with Crippen LogP contribution < -0.4 is 10.6 Å². The van der Waals surface area contributed by atoms with Crippen LogP contribution >= 0.6 is 0 Å². The molecule has 0 bridgehead atoms. The Morgan fingerprint density at radius 3 is 2.29 bits per heavy atom. The highest BCUT2D eigenvalue weighted by Gasteiger charge is 2.35. The standard InChI is InChI=1S/C27H45N3O4/c1-9-11-12-16-28-24(31)23(21-15-13-14-20(5)18-21)30(10-2)25(32)22(17-19(3)4)29-26(33)34-27(6,7)8/h13-15,18-19,22-23H,9-12,16-17H2,1-8H3,(H,28,31)(H,29,33). The first-order valence-corrected chi connectivity index (χ1v) is 12.5. The Balaban J connectivity index is 3.26. The van der Waals surface area contributed by atoms with Crippen LogP contribution in [0.3, 0.4) is 0 Å². The van der Waals surface area contributed by atoms with Crippen molar-refractivity contribution in [3.63, 3.8) is 0 Å². The van der Waals surface area contributed by atoms with Crippen LogP contribution in [-0.4, -0.2) is 47.5 Å². The summed E-state index contributed by atoms with van der Waals surface area (Å²) in [6.45, 7) is 16.1. The number of nitrogens with zero attached hydrogens (tertiary/aromatic N) is 1. The lowest BCUT2D eigenvalue weighted by molar-refractivity contribution is -0.142. The van der Waals surface area contributed by atoms with E-state index in [1.165, 1.54) is 0 Å². The molecule has 0 aliphatic heterocycles. The number of likely N-dealkylation sites (N-methyl/N-ethyl adjacent to an activating group) is 1. The SMILES string of the molecule is CCCCCNC(=O)C(c1cccc(C)c1)N(CC)C(=O)C(CC(C)C)NC(=O)OC(C)(C)C. The predicted octanol–water partition coefficient (Wildman–Crippen LogP) is 5.13. The Morgan fingerprint density at radius 1 is 1.09 bits per heavy atom. The van der Waals surface area contributed by atoms with Gasteiger partial charge in [-0.05, 0) is 58.9 Å². The molecule has 7 nitrogen and oxygen atoms in total. The predicted molar refractivity (Wildman–Crippen MR) is 136 cm³/mol. The van der Waals surface area contributed by atoms with E-state index in [0.717, 1.165) is 30.4 Å². The van der Waals surface area contributed by atoms with Crippen molar-refractivity contribution in [1.29, 1.82) is 0 Å². The summed E-state index contributed by atoms with van der Waals surface area (Å²) in [5.74, 6) is -0.349. The Hall–Kier alpha value is -2.57. The number of amides is 3. The first kappa shape index (κ1) is 29.5. The van der Waals surface area contributed by atoms with E-state index in [9.17, 15) is 14.4 Å². The number of hydrogen-bond donors (Lipinski definition) is 2. The van der Waals surface area contributed by atoms with E-state index in [-0.39, 0.29) is 17.7 Å². The molecule has 0 saturated heterocycles. The summed E-state index contributed by atoms with van der Waals surface area (Å²) < 4.78 is 5.40. The van der Waals surface area contributed by atoms with Crippen molar-refractivity contribution in [1.82, 2.24) is 15.5 Å². The number of unbranched alkanes of at least 4 members (excludes halogenated alkanes) is 2. The zero-order valence-electron chi connectivity index (χ0n) is 22.4. The van der Waals surface area contributed by atoms with E-state index in [1.54, 1.807) is 25.7 Å². The molecular weight excluding hydrogens is 430 g/mol. The lowest BCUT2D eigenvalue weighted by Crippen LogP contribution is -2.53. The van der Waals surface area contributed by atoms with E-state index in [4.69, 9.17) is 4.74 Å². The van der Waals surface area contributed by atoms with Gasteiger partial charge in [-0.1, -0.05) is 63.4 Å². The molecule has 192 valence electrons. The van der Waals surface area contributed by atoms with Crippen LogP contribution in [0.25, 0.3) is 0 Å². The van der Waals surface area contributed by atoms with E-state index in [0.29, 0.717) is 19.5 Å². The van der Waals surface area contributed by atoms with Crippen molar-refractivity contribution in [3.8, 4) is 0 Å². The quantitative estimate of drug-likeness (QED) is 0.410. The Kier molecular flexibility index (Phi) is 12.1. The van der Waals surface area contributed by atoms with E-state index in [2.05, 4.69) is 17.6 Å². The zero-order valence-corrected chi connectivity index (χ0v) is 22.4. The van der Waals surface area contributed by atoms with Crippen LogP contribution in [0.2, 0.25) is 0 Å². The first-order chi connectivity index (χ1) is 15.9. The van der Waals surface area contributed by atoms with Crippen molar-refractivity contribution in [2.75, 3.05) is 13.1 Å². The third-order valence-corrected chi connectivity index (χ3v) is 5.32. The maximum absolute atomic E-state index is 13.8. The minimum atomic E-state index is -0.796. The summed E-state index contributed by atoms with van der Waals surface area (Å²) in [4.78, 5) is 41.2. The molecule has 0 spiro atoms. The number of alkyl carbamates (subject to hydrolysis) is 1. The number of nitrogens with one attached hydrogen (secondary N) is 2. The molecule has 3 amide bonds. The summed E-state index contributed by atoms with van der Waals surface area (Å²) in [5, 5.41) is 5.76. The molecule has 34 heavy (non-hydrogen) atoms. The van der Waals surface area contributed by atoms with Gasteiger partial charge in [0.1, 0.15) is 17.7 Å². The number of hydrogen-bond acceptors (Lipinski definition) is 4. The lowest BCUT2D eigenvalue weighted by atomic mass is 9.98. The van der Waals surface area contributed by atoms with Gasteiger partial charge in [0.15, 0.2) is 0 Å². The molecule has 1 aromatic rings. The molecule has 0 saturated carbocycles. The van der Waals surface area contributed by atoms with Crippen molar-refractivity contribution >= 4 is 17.9 Å². The van der Waals surface area contributed by atoms with Gasteiger partial charge < -0.3 is 20.3 Å². The molecule has 2 atom stereocenters. The fraction of sp³-hybridized carbons (Fsp3) is 0.667. The third-order valence-electron chi connectivity index (χ3n) is 5.32. The second-order valence-corrected chi connectivity index (χ2v) is 10.3. The summed E-state index contributed by atoms with van der Waals surface area (Å²) in [6, 6.07) is 6.08. The van der Waals surface area contributed by atoms with Gasteiger partial charge in [-0.2, -0.15) is 0 Å². The van der Waals surface area contributed by atoms with Crippen molar-refractivity contribution < 1.29 is 19.1 Å². The maximum Gasteiger partial charge on any atom is 0.408 e. The first-order valence-electron chi connectivity index (χ1n) is 12.5. The normalized spacial score (nSPS) is 13.2. The lowest BCUT2D eigenvalue weighted by Gasteiger charge is -2.34. The van der Waals surface area contributed by atoms with Gasteiger partial charge in [-0.25, -0.2) is 4.79 Å². The van der Waals surface area contributed by atoms with Crippen LogP contribution in [0, 0.1) is 12.8 Å². The summed E-state index contributed by atoms with van der Waals surface area (Å²) >= 11 is 0. The number of carbonyl (C=O) groups excluding carboxylic acids is 3. The number of ether oxygens (including phenoxy) is 1. The maximum atomic E-state index is 13.8. The fourth-order valence-corrected chi connectivity index (χ4v) is 3.80. The monoisotopic (exact) mass is 475 g/mol. The molecular formula is C27H45N3O4. The van der Waals surface area contributed by atoms with E-state index in [1.807, 2.05) is 52.0 Å². The van der Waals surface area contributed by atoms with Crippen LogP contribution in [0.15, 0.2) is 24.3 Å². The van der Waals surface area contributed by atoms with Crippen molar-refractivity contribution in [2.24, 2.45) is 5.92 Å². The molecule has 7 heteroatoms. The van der Waals surface area contributed by atoms with Crippen molar-refractivity contribution in [3.05, 3.63) is 35.4 Å². The van der Waals surface area contributed by atoms with Gasteiger partial charge in [0, 0.05) is 13.1 Å². The zero-order chi connectivity index (χ0) is 25.9. The van der Waals surface area contributed by atoms with Crippen LogP contribution in [0.4, 0.5) is 4.79 Å². The number of rotatable bonds is 12. The second kappa shape index (κ2) is 14.0. The van der Waals surface area contributed by atoms with Crippen LogP contribution in [-0.2, 0) is 14.3 Å². The molecule has 2 N–H and O–H groups in total. The summed E-state index contributed by atoms with van der Waals surface area (Å²) in [5.41, 5.74) is 1.08. The minimum absolute atomic E-state index is 0.155. The smallest absolute Gasteiger partial charge is 0.408 e. The van der Waals surface area contributed by atoms with Gasteiger partial charge in [-0.15, -0.1) is 0 Å². The van der Waals surface area contributed by atoms with Gasteiger partial charge in [-0.3, -0.25) is 9.59 Å². The van der Waals surface area contributed by atoms with Crippen LogP contribution in [0.1, 0.15) is 91.3 Å². The largest absolute Gasteiger partial charge is 0.444 e. The topological polar surface area (TPSA) is 87.7 Å². The molecule has 0 heterocycles. The Labute approximate surface area is 206 Å². The highest BCUT2D eigenvalue weighted by molar-refractivity contribution is 5.92. The molecule has 0 radical (unpaired) electrons. The fourth-order valence-electron chi connectivity index (χ4n) is 3.80. The van der Waals surface area contributed by atoms with Gasteiger partial charge in [0.05, 0.1) is 0 Å². The molecule has 1 aromatic carbocycles. The van der Waals surface area contributed by atoms with E-state index >= 15 is 0 Å².